The predicted octanol–water partition coefficient (Wildman–Crippen LogP) is 3.20. The Kier molecular flexibility index (Phi) is 8.31. The smallest absolute Gasteiger partial charge is 0.191 e. The first-order valence-corrected chi connectivity index (χ1v) is 10.5. The maximum atomic E-state index is 5.83. The van der Waals surface area contributed by atoms with Gasteiger partial charge in [-0.1, -0.05) is 37.3 Å². The van der Waals surface area contributed by atoms with E-state index in [-0.39, 0.29) is 0 Å². The normalized spacial score (nSPS) is 15.4. The summed E-state index contributed by atoms with van der Waals surface area (Å²) in [6.45, 7) is 7.29. The third kappa shape index (κ3) is 7.06. The summed E-state index contributed by atoms with van der Waals surface area (Å²) in [5.74, 6) is 2.27. The monoisotopic (exact) mass is 395 g/mol. The van der Waals surface area contributed by atoms with Crippen molar-refractivity contribution in [3.05, 3.63) is 59.8 Å². The van der Waals surface area contributed by atoms with Gasteiger partial charge in [0, 0.05) is 39.4 Å². The Hall–Kier alpha value is -2.60. The van der Waals surface area contributed by atoms with Crippen LogP contribution >= 0.6 is 0 Å². The number of nitrogens with one attached hydrogen (secondary N) is 2. The summed E-state index contributed by atoms with van der Waals surface area (Å²) in [6.07, 6.45) is 4.41. The zero-order chi connectivity index (χ0) is 20.3. The Morgan fingerprint density at radius 1 is 1.14 bits per heavy atom. The van der Waals surface area contributed by atoms with Gasteiger partial charge in [0.2, 0.25) is 0 Å². The Labute approximate surface area is 174 Å². The van der Waals surface area contributed by atoms with Gasteiger partial charge in [-0.25, -0.2) is 4.98 Å². The van der Waals surface area contributed by atoms with Gasteiger partial charge < -0.3 is 20.3 Å². The molecular weight excluding hydrogens is 362 g/mol. The lowest BCUT2D eigenvalue weighted by atomic mass is 10.2. The molecule has 0 spiro atoms. The molecule has 1 fully saturated rings. The summed E-state index contributed by atoms with van der Waals surface area (Å²) < 4.78 is 5.83. The van der Waals surface area contributed by atoms with E-state index >= 15 is 0 Å². The van der Waals surface area contributed by atoms with Crippen LogP contribution in [0.4, 0.5) is 5.82 Å². The lowest BCUT2D eigenvalue weighted by Crippen LogP contribution is -2.39. The van der Waals surface area contributed by atoms with Crippen molar-refractivity contribution in [3.8, 4) is 0 Å². The largest absolute Gasteiger partial charge is 0.376 e. The fraction of sp³-hybridized carbons (Fsp3) is 0.478. The molecule has 1 saturated heterocycles. The molecule has 1 aromatic carbocycles. The standard InChI is InChI=1S/C23H33N5O/c1-19(17-29-18-20-8-4-3-5-9-20)15-26-23(24-2)27-16-21-10-11-25-22(14-21)28-12-6-7-13-28/h3-5,8-11,14,19H,6-7,12-13,15-18H2,1-2H3,(H2,24,26,27). The lowest BCUT2D eigenvalue weighted by Gasteiger charge is -2.18. The van der Waals surface area contributed by atoms with Crippen LogP contribution in [0.25, 0.3) is 0 Å². The molecule has 1 aromatic heterocycles. The third-order valence-corrected chi connectivity index (χ3v) is 5.06. The van der Waals surface area contributed by atoms with Crippen LogP contribution in [0, 0.1) is 5.92 Å². The number of guanidine groups is 1. The van der Waals surface area contributed by atoms with Crippen molar-refractivity contribution in [1.29, 1.82) is 0 Å². The average Bonchev–Trinajstić information content (AvgIpc) is 3.30. The van der Waals surface area contributed by atoms with Crippen molar-refractivity contribution in [1.82, 2.24) is 15.6 Å². The van der Waals surface area contributed by atoms with E-state index in [9.17, 15) is 0 Å². The molecular formula is C23H33N5O. The van der Waals surface area contributed by atoms with Crippen LogP contribution in [-0.2, 0) is 17.9 Å². The molecule has 0 aliphatic carbocycles. The number of aromatic nitrogens is 1. The molecule has 0 saturated carbocycles. The molecule has 1 unspecified atom stereocenters. The van der Waals surface area contributed by atoms with Crippen LogP contribution in [-0.4, -0.2) is 44.2 Å². The molecule has 2 aromatic rings. The highest BCUT2D eigenvalue weighted by Crippen LogP contribution is 2.18. The van der Waals surface area contributed by atoms with Gasteiger partial charge in [-0.3, -0.25) is 4.99 Å². The molecule has 156 valence electrons. The van der Waals surface area contributed by atoms with Crippen LogP contribution in [0.1, 0.15) is 30.9 Å². The van der Waals surface area contributed by atoms with E-state index in [4.69, 9.17) is 4.74 Å². The van der Waals surface area contributed by atoms with E-state index in [2.05, 4.69) is 56.7 Å². The molecule has 6 nitrogen and oxygen atoms in total. The van der Waals surface area contributed by atoms with Crippen molar-refractivity contribution < 1.29 is 4.74 Å². The second-order valence-electron chi connectivity index (χ2n) is 7.63. The lowest BCUT2D eigenvalue weighted by molar-refractivity contribution is 0.0931. The maximum Gasteiger partial charge on any atom is 0.191 e. The number of ether oxygens (including phenoxy) is 1. The number of hydrogen-bond acceptors (Lipinski definition) is 4. The highest BCUT2D eigenvalue weighted by atomic mass is 16.5. The van der Waals surface area contributed by atoms with Crippen LogP contribution in [0.5, 0.6) is 0 Å². The van der Waals surface area contributed by atoms with Gasteiger partial charge >= 0.3 is 0 Å². The number of nitrogens with zero attached hydrogens (tertiary/aromatic N) is 3. The number of pyridine rings is 1. The fourth-order valence-electron chi connectivity index (χ4n) is 3.38. The minimum Gasteiger partial charge on any atom is -0.376 e. The minimum atomic E-state index is 0.389. The first kappa shape index (κ1) is 21.1. The van der Waals surface area contributed by atoms with Crippen molar-refractivity contribution in [2.75, 3.05) is 38.2 Å². The van der Waals surface area contributed by atoms with Crippen molar-refractivity contribution in [2.24, 2.45) is 10.9 Å². The topological polar surface area (TPSA) is 61.8 Å². The fourth-order valence-corrected chi connectivity index (χ4v) is 3.38. The number of aliphatic imine (C=N–C) groups is 1. The van der Waals surface area contributed by atoms with E-state index in [0.29, 0.717) is 19.1 Å². The summed E-state index contributed by atoms with van der Waals surface area (Å²) in [7, 11) is 1.80. The molecule has 1 atom stereocenters. The number of anilines is 1. The Morgan fingerprint density at radius 3 is 2.69 bits per heavy atom. The summed E-state index contributed by atoms with van der Waals surface area (Å²) >= 11 is 0. The summed E-state index contributed by atoms with van der Waals surface area (Å²) in [5.41, 5.74) is 2.42. The van der Waals surface area contributed by atoms with Crippen LogP contribution in [0.3, 0.4) is 0 Å². The molecule has 29 heavy (non-hydrogen) atoms. The second-order valence-corrected chi connectivity index (χ2v) is 7.63. The number of benzene rings is 1. The third-order valence-electron chi connectivity index (χ3n) is 5.06. The minimum absolute atomic E-state index is 0.389. The number of rotatable bonds is 9. The zero-order valence-corrected chi connectivity index (χ0v) is 17.6. The second kappa shape index (κ2) is 11.4. The Bertz CT molecular complexity index is 759. The van der Waals surface area contributed by atoms with E-state index < -0.39 is 0 Å². The first-order valence-electron chi connectivity index (χ1n) is 10.5. The van der Waals surface area contributed by atoms with Gasteiger partial charge in [0.15, 0.2) is 5.96 Å². The molecule has 1 aliphatic heterocycles. The SMILES string of the molecule is CN=C(NCc1ccnc(N2CCCC2)c1)NCC(C)COCc1ccccc1. The van der Waals surface area contributed by atoms with E-state index in [1.165, 1.54) is 24.0 Å². The molecule has 6 heteroatoms. The van der Waals surface area contributed by atoms with Crippen LogP contribution in [0.15, 0.2) is 53.7 Å². The molecule has 0 radical (unpaired) electrons. The van der Waals surface area contributed by atoms with E-state index in [1.807, 2.05) is 24.4 Å². The summed E-state index contributed by atoms with van der Waals surface area (Å²) in [5, 5.41) is 6.78. The zero-order valence-electron chi connectivity index (χ0n) is 17.6. The highest BCUT2D eigenvalue weighted by Gasteiger charge is 2.13. The molecule has 0 bridgehead atoms. The van der Waals surface area contributed by atoms with Crippen molar-refractivity contribution >= 4 is 11.8 Å². The van der Waals surface area contributed by atoms with Gasteiger partial charge in [0.1, 0.15) is 5.82 Å². The highest BCUT2D eigenvalue weighted by molar-refractivity contribution is 5.79. The van der Waals surface area contributed by atoms with Gasteiger partial charge in [0.25, 0.3) is 0 Å². The first-order chi connectivity index (χ1) is 14.2. The van der Waals surface area contributed by atoms with Gasteiger partial charge in [-0.05, 0) is 42.0 Å². The van der Waals surface area contributed by atoms with Crippen LogP contribution < -0.4 is 15.5 Å². The molecule has 0 amide bonds. The molecule has 2 heterocycles. The van der Waals surface area contributed by atoms with E-state index in [1.54, 1.807) is 7.05 Å². The van der Waals surface area contributed by atoms with Crippen LogP contribution in [0.2, 0.25) is 0 Å². The van der Waals surface area contributed by atoms with Gasteiger partial charge in [0.05, 0.1) is 13.2 Å². The van der Waals surface area contributed by atoms with E-state index in [0.717, 1.165) is 38.0 Å². The van der Waals surface area contributed by atoms with Crippen molar-refractivity contribution in [2.45, 2.75) is 32.9 Å². The van der Waals surface area contributed by atoms with Gasteiger partial charge in [-0.15, -0.1) is 0 Å². The summed E-state index contributed by atoms with van der Waals surface area (Å²) in [6, 6.07) is 14.5. The van der Waals surface area contributed by atoms with Gasteiger partial charge in [-0.2, -0.15) is 0 Å². The quantitative estimate of drug-likeness (QED) is 0.504. The molecule has 3 rings (SSSR count). The maximum absolute atomic E-state index is 5.83. The predicted molar refractivity (Wildman–Crippen MR) is 119 cm³/mol. The Morgan fingerprint density at radius 2 is 1.93 bits per heavy atom. The molecule has 2 N–H and O–H groups in total. The molecule has 1 aliphatic rings. The number of hydrogen-bond donors (Lipinski definition) is 2. The summed E-state index contributed by atoms with van der Waals surface area (Å²) in [4.78, 5) is 11.2. The van der Waals surface area contributed by atoms with Crippen molar-refractivity contribution in [3.63, 3.8) is 0 Å². The average molecular weight is 396 g/mol. The Balaban J connectivity index is 1.37.